The molecule has 7 heteroatoms. The van der Waals surface area contributed by atoms with Crippen LogP contribution in [0.15, 0.2) is 60.0 Å². The molecule has 3 rings (SSSR count). The first-order chi connectivity index (χ1) is 13.9. The number of amides is 2. The van der Waals surface area contributed by atoms with Crippen molar-refractivity contribution in [3.05, 3.63) is 76.7 Å². The number of allylic oxidation sites excluding steroid dienone is 1. The number of phenols is 1. The maximum Gasteiger partial charge on any atom is 0.293 e. The number of methoxy groups -OCH3 is 1. The number of carbonyl (C=O) groups excluding carboxylic acids is 3. The lowest BCUT2D eigenvalue weighted by atomic mass is 10.1. The van der Waals surface area contributed by atoms with Crippen molar-refractivity contribution in [1.29, 1.82) is 0 Å². The molecule has 2 aromatic carbocycles. The molecule has 148 valence electrons. The number of ether oxygens (including phenoxy) is 1. The van der Waals surface area contributed by atoms with Gasteiger partial charge in [-0.25, -0.2) is 0 Å². The molecular weight excluding hydrogens is 390 g/mol. The van der Waals surface area contributed by atoms with Crippen molar-refractivity contribution in [2.75, 3.05) is 13.7 Å². The molecule has 1 aliphatic heterocycles. The van der Waals surface area contributed by atoms with E-state index < -0.39 is 11.1 Å². The predicted molar refractivity (Wildman–Crippen MR) is 112 cm³/mol. The van der Waals surface area contributed by atoms with Crippen LogP contribution in [0.5, 0.6) is 11.5 Å². The lowest BCUT2D eigenvalue weighted by Crippen LogP contribution is -2.33. The van der Waals surface area contributed by atoms with Gasteiger partial charge in [-0.3, -0.25) is 19.3 Å². The second-order valence-electron chi connectivity index (χ2n) is 6.28. The molecule has 2 amide bonds. The summed E-state index contributed by atoms with van der Waals surface area (Å²) in [6.07, 6.45) is 3.60. The van der Waals surface area contributed by atoms with Gasteiger partial charge in [0, 0.05) is 11.1 Å². The topological polar surface area (TPSA) is 83.9 Å². The van der Waals surface area contributed by atoms with Crippen molar-refractivity contribution in [2.45, 2.75) is 6.42 Å². The first-order valence-electron chi connectivity index (χ1n) is 8.79. The molecule has 0 bridgehead atoms. The van der Waals surface area contributed by atoms with Crippen LogP contribution in [0, 0.1) is 0 Å². The van der Waals surface area contributed by atoms with E-state index in [9.17, 15) is 19.5 Å². The molecule has 0 saturated carbocycles. The number of nitrogens with zero attached hydrogens (tertiary/aromatic N) is 1. The van der Waals surface area contributed by atoms with Gasteiger partial charge < -0.3 is 9.84 Å². The van der Waals surface area contributed by atoms with Gasteiger partial charge in [0.25, 0.3) is 11.1 Å². The normalized spacial score (nSPS) is 15.1. The van der Waals surface area contributed by atoms with Crippen LogP contribution >= 0.6 is 11.8 Å². The van der Waals surface area contributed by atoms with Crippen LogP contribution in [0.4, 0.5) is 4.79 Å². The molecule has 0 radical (unpaired) electrons. The zero-order chi connectivity index (χ0) is 21.0. The van der Waals surface area contributed by atoms with E-state index in [0.717, 1.165) is 16.7 Å². The number of imide groups is 1. The van der Waals surface area contributed by atoms with Crippen molar-refractivity contribution in [2.24, 2.45) is 0 Å². The molecule has 1 aliphatic rings. The molecule has 2 aromatic rings. The minimum atomic E-state index is -0.526. The number of phenolic OH excluding ortho intramolecular Hbond substituents is 1. The Morgan fingerprint density at radius 1 is 1.24 bits per heavy atom. The molecule has 0 spiro atoms. The Balaban J connectivity index is 1.85. The van der Waals surface area contributed by atoms with E-state index in [-0.39, 0.29) is 28.7 Å². The highest BCUT2D eigenvalue weighted by atomic mass is 32.2. The summed E-state index contributed by atoms with van der Waals surface area (Å²) in [5, 5.41) is 9.69. The van der Waals surface area contributed by atoms with Crippen molar-refractivity contribution < 1.29 is 24.2 Å². The van der Waals surface area contributed by atoms with Gasteiger partial charge in [0.05, 0.1) is 18.6 Å². The van der Waals surface area contributed by atoms with Gasteiger partial charge in [0.1, 0.15) is 0 Å². The quantitative estimate of drug-likeness (QED) is 0.422. The van der Waals surface area contributed by atoms with Crippen molar-refractivity contribution in [3.63, 3.8) is 0 Å². The number of Topliss-reactive ketones (excluding diaryl/α,β-unsaturated/α-hetero) is 1. The molecule has 1 fully saturated rings. The molecule has 1 N–H and O–H groups in total. The predicted octanol–water partition coefficient (Wildman–Crippen LogP) is 4.05. The molecule has 29 heavy (non-hydrogen) atoms. The Hall–Kier alpha value is -3.32. The standard InChI is InChI=1S/C22H19NO5S/c1-3-7-16-10-14(11-18(28-2)20(16)25)12-19-21(26)23(22(27)29-19)13-17(24)15-8-5-4-6-9-15/h3-6,8-12,25H,1,7,13H2,2H3/b19-12-. The highest BCUT2D eigenvalue weighted by Crippen LogP contribution is 2.36. The van der Waals surface area contributed by atoms with Gasteiger partial charge in [-0.1, -0.05) is 36.4 Å². The summed E-state index contributed by atoms with van der Waals surface area (Å²) in [6.45, 7) is 3.35. The summed E-state index contributed by atoms with van der Waals surface area (Å²) < 4.78 is 5.18. The number of hydrogen-bond donors (Lipinski definition) is 1. The number of thioether (sulfide) groups is 1. The average Bonchev–Trinajstić information content (AvgIpc) is 2.98. The summed E-state index contributed by atoms with van der Waals surface area (Å²) in [5.74, 6) is -0.574. The zero-order valence-electron chi connectivity index (χ0n) is 15.8. The number of aromatic hydroxyl groups is 1. The fourth-order valence-corrected chi connectivity index (χ4v) is 3.72. The summed E-state index contributed by atoms with van der Waals surface area (Å²) in [6, 6.07) is 11.8. The third kappa shape index (κ3) is 4.41. The molecule has 0 aromatic heterocycles. The highest BCUT2D eigenvalue weighted by Gasteiger charge is 2.36. The lowest BCUT2D eigenvalue weighted by molar-refractivity contribution is -0.122. The van der Waals surface area contributed by atoms with Crippen LogP contribution in [-0.4, -0.2) is 40.6 Å². The maximum absolute atomic E-state index is 12.7. The summed E-state index contributed by atoms with van der Waals surface area (Å²) in [4.78, 5) is 38.5. The van der Waals surface area contributed by atoms with E-state index in [2.05, 4.69) is 6.58 Å². The van der Waals surface area contributed by atoms with E-state index in [1.54, 1.807) is 54.6 Å². The molecule has 0 aliphatic carbocycles. The molecule has 0 atom stereocenters. The first kappa shape index (κ1) is 20.4. The van der Waals surface area contributed by atoms with Crippen molar-refractivity contribution >= 4 is 34.8 Å². The minimum Gasteiger partial charge on any atom is -0.504 e. The summed E-state index contributed by atoms with van der Waals surface area (Å²) in [5.41, 5.74) is 1.62. The minimum absolute atomic E-state index is 0.00566. The van der Waals surface area contributed by atoms with E-state index in [1.165, 1.54) is 7.11 Å². The van der Waals surface area contributed by atoms with E-state index in [0.29, 0.717) is 23.1 Å². The van der Waals surface area contributed by atoms with E-state index in [1.807, 2.05) is 0 Å². The first-order valence-corrected chi connectivity index (χ1v) is 9.60. The number of carbonyl (C=O) groups is 3. The Kier molecular flexibility index (Phi) is 6.19. The number of hydrogen-bond acceptors (Lipinski definition) is 6. The third-order valence-electron chi connectivity index (χ3n) is 4.33. The fourth-order valence-electron chi connectivity index (χ4n) is 2.89. The van der Waals surface area contributed by atoms with Gasteiger partial charge in [0.2, 0.25) is 0 Å². The van der Waals surface area contributed by atoms with E-state index in [4.69, 9.17) is 4.74 Å². The Morgan fingerprint density at radius 2 is 1.97 bits per heavy atom. The van der Waals surface area contributed by atoms with Crippen LogP contribution < -0.4 is 4.74 Å². The zero-order valence-corrected chi connectivity index (χ0v) is 16.6. The summed E-state index contributed by atoms with van der Waals surface area (Å²) in [7, 11) is 1.43. The number of ketones is 1. The third-order valence-corrected chi connectivity index (χ3v) is 5.24. The second-order valence-corrected chi connectivity index (χ2v) is 7.27. The van der Waals surface area contributed by atoms with Gasteiger partial charge in [-0.2, -0.15) is 0 Å². The SMILES string of the molecule is C=CCc1cc(/C=C2\SC(=O)N(CC(=O)c3ccccc3)C2=O)cc(OC)c1O. The van der Waals surface area contributed by atoms with Crippen LogP contribution in [0.2, 0.25) is 0 Å². The monoisotopic (exact) mass is 409 g/mol. The maximum atomic E-state index is 12.7. The Bertz CT molecular complexity index is 1010. The van der Waals surface area contributed by atoms with Crippen molar-refractivity contribution in [1.82, 2.24) is 4.90 Å². The van der Waals surface area contributed by atoms with Crippen LogP contribution in [0.25, 0.3) is 6.08 Å². The molecule has 0 unspecified atom stereocenters. The number of rotatable bonds is 7. The largest absolute Gasteiger partial charge is 0.504 e. The Labute approximate surface area is 172 Å². The lowest BCUT2D eigenvalue weighted by Gasteiger charge is -2.11. The smallest absolute Gasteiger partial charge is 0.293 e. The van der Waals surface area contributed by atoms with E-state index >= 15 is 0 Å². The average molecular weight is 409 g/mol. The van der Waals surface area contributed by atoms with Crippen LogP contribution in [-0.2, 0) is 11.2 Å². The van der Waals surface area contributed by atoms with Crippen molar-refractivity contribution in [3.8, 4) is 11.5 Å². The van der Waals surface area contributed by atoms with Crippen LogP contribution in [0.3, 0.4) is 0 Å². The second kappa shape index (κ2) is 8.79. The number of benzene rings is 2. The van der Waals surface area contributed by atoms with Gasteiger partial charge in [-0.15, -0.1) is 6.58 Å². The molecule has 6 nitrogen and oxygen atoms in total. The Morgan fingerprint density at radius 3 is 2.62 bits per heavy atom. The fraction of sp³-hybridized carbons (Fsp3) is 0.136. The molecular formula is C22H19NO5S. The summed E-state index contributed by atoms with van der Waals surface area (Å²) >= 11 is 0.774. The molecule has 1 heterocycles. The highest BCUT2D eigenvalue weighted by molar-refractivity contribution is 8.18. The molecule has 1 saturated heterocycles. The van der Waals surface area contributed by atoms with Crippen LogP contribution in [0.1, 0.15) is 21.5 Å². The van der Waals surface area contributed by atoms with Gasteiger partial charge in [-0.05, 0) is 42.0 Å². The van der Waals surface area contributed by atoms with Gasteiger partial charge >= 0.3 is 0 Å². The van der Waals surface area contributed by atoms with Gasteiger partial charge in [0.15, 0.2) is 17.3 Å².